The van der Waals surface area contributed by atoms with Crippen molar-refractivity contribution in [2.45, 2.75) is 37.8 Å². The molecular weight excluding hydrogens is 435 g/mol. The molecule has 0 radical (unpaired) electrons. The lowest BCUT2D eigenvalue weighted by Crippen LogP contribution is -2.42. The number of carbonyl (C=O) groups is 1. The molecule has 0 aromatic heterocycles. The molecule has 0 saturated carbocycles. The largest absolute Gasteiger partial charge is 0.369 e. The number of nitrogens with zero attached hydrogens (tertiary/aromatic N) is 1. The minimum Gasteiger partial charge on any atom is -0.369 e. The van der Waals surface area contributed by atoms with Gasteiger partial charge in [0.05, 0.1) is 12.0 Å². The topological polar surface area (TPSA) is 79.5 Å². The van der Waals surface area contributed by atoms with Crippen LogP contribution < -0.4 is 16.4 Å². The van der Waals surface area contributed by atoms with E-state index in [1.54, 1.807) is 13.8 Å². The van der Waals surface area contributed by atoms with E-state index < -0.39 is 5.41 Å². The van der Waals surface area contributed by atoms with E-state index in [1.165, 1.54) is 4.90 Å². The molecule has 0 aliphatic carbocycles. The smallest absolute Gasteiger partial charge is 0.224 e. The molecule has 7 heteroatoms. The normalized spacial score (nSPS) is 12.9. The summed E-state index contributed by atoms with van der Waals surface area (Å²) in [6.07, 6.45) is 0. The van der Waals surface area contributed by atoms with Gasteiger partial charge in [0.15, 0.2) is 5.96 Å². The van der Waals surface area contributed by atoms with Crippen LogP contribution in [0.3, 0.4) is 0 Å². The molecule has 1 aromatic carbocycles. The minimum atomic E-state index is -0.646. The van der Waals surface area contributed by atoms with Gasteiger partial charge in [0.25, 0.3) is 0 Å². The maximum Gasteiger partial charge on any atom is 0.224 e. The summed E-state index contributed by atoms with van der Waals surface area (Å²) in [6.45, 7) is 9.69. The van der Waals surface area contributed by atoms with Crippen molar-refractivity contribution in [3.05, 3.63) is 30.3 Å². The zero-order chi connectivity index (χ0) is 17.3. The van der Waals surface area contributed by atoms with E-state index in [9.17, 15) is 4.79 Å². The second-order valence-corrected chi connectivity index (χ2v) is 7.58. The van der Waals surface area contributed by atoms with Gasteiger partial charge >= 0.3 is 0 Å². The van der Waals surface area contributed by atoms with Crippen molar-refractivity contribution in [3.8, 4) is 0 Å². The summed E-state index contributed by atoms with van der Waals surface area (Å²) in [7, 11) is 0. The minimum absolute atomic E-state index is 0. The van der Waals surface area contributed by atoms with Gasteiger partial charge in [-0.2, -0.15) is 0 Å². The van der Waals surface area contributed by atoms with Gasteiger partial charge in [0.2, 0.25) is 5.91 Å². The van der Waals surface area contributed by atoms with Crippen LogP contribution in [0.1, 0.15) is 27.7 Å². The van der Waals surface area contributed by atoms with Crippen LogP contribution in [0.15, 0.2) is 40.2 Å². The van der Waals surface area contributed by atoms with Gasteiger partial charge in [-0.25, -0.2) is 0 Å². The number of amides is 1. The van der Waals surface area contributed by atoms with Gasteiger partial charge in [-0.1, -0.05) is 25.1 Å². The van der Waals surface area contributed by atoms with Gasteiger partial charge < -0.3 is 16.4 Å². The number of guanidine groups is 1. The quantitative estimate of drug-likeness (QED) is 0.239. The number of nitrogens with one attached hydrogen (secondary N) is 2. The number of aliphatic imine (C=N–C) groups is 1. The van der Waals surface area contributed by atoms with Crippen molar-refractivity contribution < 1.29 is 4.79 Å². The third-order valence-corrected chi connectivity index (χ3v) is 4.39. The van der Waals surface area contributed by atoms with Gasteiger partial charge in [0.1, 0.15) is 0 Å². The monoisotopic (exact) mass is 464 g/mol. The Labute approximate surface area is 166 Å². The van der Waals surface area contributed by atoms with Crippen LogP contribution in [0, 0.1) is 5.41 Å². The van der Waals surface area contributed by atoms with Crippen LogP contribution in [0.25, 0.3) is 0 Å². The molecule has 1 unspecified atom stereocenters. The molecule has 24 heavy (non-hydrogen) atoms. The number of nitrogens with two attached hydrogens (primary N) is 1. The molecule has 0 saturated heterocycles. The molecule has 0 fully saturated rings. The van der Waals surface area contributed by atoms with E-state index in [-0.39, 0.29) is 29.9 Å². The first-order chi connectivity index (χ1) is 10.8. The second kappa shape index (κ2) is 11.6. The van der Waals surface area contributed by atoms with Crippen molar-refractivity contribution in [3.63, 3.8) is 0 Å². The van der Waals surface area contributed by atoms with Crippen molar-refractivity contribution in [2.75, 3.05) is 19.6 Å². The van der Waals surface area contributed by atoms with E-state index in [4.69, 9.17) is 5.73 Å². The number of halogens is 1. The summed E-state index contributed by atoms with van der Waals surface area (Å²) < 4.78 is 0. The Hall–Kier alpha value is -0.960. The first-order valence-electron chi connectivity index (χ1n) is 7.89. The third-order valence-electron chi connectivity index (χ3n) is 3.28. The molecule has 0 spiro atoms. The highest BCUT2D eigenvalue weighted by Gasteiger charge is 2.24. The fraction of sp³-hybridized carbons (Fsp3) is 0.529. The van der Waals surface area contributed by atoms with Crippen molar-refractivity contribution >= 4 is 47.6 Å². The fourth-order valence-electron chi connectivity index (χ4n) is 1.71. The fourth-order valence-corrected chi connectivity index (χ4v) is 2.66. The summed E-state index contributed by atoms with van der Waals surface area (Å²) in [4.78, 5) is 17.1. The van der Waals surface area contributed by atoms with E-state index in [0.29, 0.717) is 17.8 Å². The van der Waals surface area contributed by atoms with E-state index in [2.05, 4.69) is 34.7 Å². The summed E-state index contributed by atoms with van der Waals surface area (Å²) >= 11 is 1.81. The molecule has 0 aliphatic heterocycles. The lowest BCUT2D eigenvalue weighted by atomic mass is 9.93. The molecule has 0 heterocycles. The summed E-state index contributed by atoms with van der Waals surface area (Å²) in [6, 6.07) is 10.3. The molecule has 1 rings (SSSR count). The van der Waals surface area contributed by atoms with Gasteiger partial charge in [0, 0.05) is 23.2 Å². The second-order valence-electron chi connectivity index (χ2n) is 6.07. The lowest BCUT2D eigenvalue weighted by molar-refractivity contribution is -0.125. The Morgan fingerprint density at radius 2 is 1.92 bits per heavy atom. The Morgan fingerprint density at radius 3 is 2.46 bits per heavy atom. The number of benzene rings is 1. The zero-order valence-electron chi connectivity index (χ0n) is 14.8. The standard InChI is InChI=1S/C17H28N4OS.HI/c1-5-19-16(21-12-17(3,4)15(18)22)20-11-13(2)23-14-9-7-6-8-10-14;/h6-10,13H,5,11-12H2,1-4H3,(H2,18,22)(H2,19,20,21);1H. The van der Waals surface area contributed by atoms with Crippen molar-refractivity contribution in [1.82, 2.24) is 10.6 Å². The number of carbonyl (C=O) groups excluding carboxylic acids is 1. The van der Waals surface area contributed by atoms with Crippen LogP contribution in [0.4, 0.5) is 0 Å². The van der Waals surface area contributed by atoms with Crippen molar-refractivity contribution in [2.24, 2.45) is 16.1 Å². The lowest BCUT2D eigenvalue weighted by Gasteiger charge is -2.20. The van der Waals surface area contributed by atoms with Crippen LogP contribution in [-0.4, -0.2) is 36.8 Å². The highest BCUT2D eigenvalue weighted by atomic mass is 127. The number of thioether (sulfide) groups is 1. The first-order valence-corrected chi connectivity index (χ1v) is 8.77. The molecule has 1 atom stereocenters. The Balaban J connectivity index is 0.00000529. The van der Waals surface area contributed by atoms with Crippen LogP contribution in [-0.2, 0) is 4.79 Å². The van der Waals surface area contributed by atoms with Crippen LogP contribution in [0.5, 0.6) is 0 Å². The van der Waals surface area contributed by atoms with Gasteiger partial charge in [-0.15, -0.1) is 35.7 Å². The predicted molar refractivity (Wildman–Crippen MR) is 114 cm³/mol. The molecule has 0 bridgehead atoms. The number of hydrogen-bond acceptors (Lipinski definition) is 3. The highest BCUT2D eigenvalue weighted by Crippen LogP contribution is 2.21. The van der Waals surface area contributed by atoms with Crippen molar-refractivity contribution in [1.29, 1.82) is 0 Å². The molecular formula is C17H29IN4OS. The highest BCUT2D eigenvalue weighted by molar-refractivity contribution is 14.0. The molecule has 4 N–H and O–H groups in total. The third kappa shape index (κ3) is 8.77. The molecule has 136 valence electrons. The average Bonchev–Trinajstić information content (AvgIpc) is 2.51. The first kappa shape index (κ1) is 23.0. The molecule has 5 nitrogen and oxygen atoms in total. The summed E-state index contributed by atoms with van der Waals surface area (Å²) in [5.41, 5.74) is 4.74. The Morgan fingerprint density at radius 1 is 1.29 bits per heavy atom. The summed E-state index contributed by atoms with van der Waals surface area (Å²) in [5.74, 6) is 0.368. The maximum atomic E-state index is 11.4. The van der Waals surface area contributed by atoms with Crippen LogP contribution >= 0.6 is 35.7 Å². The van der Waals surface area contributed by atoms with E-state index >= 15 is 0 Å². The zero-order valence-corrected chi connectivity index (χ0v) is 18.0. The van der Waals surface area contributed by atoms with Crippen LogP contribution in [0.2, 0.25) is 0 Å². The SMILES string of the molecule is CCNC(=NCC(C)(C)C(N)=O)NCC(C)Sc1ccccc1.I. The average molecular weight is 464 g/mol. The molecule has 1 aromatic rings. The van der Waals surface area contributed by atoms with E-state index in [0.717, 1.165) is 13.1 Å². The maximum absolute atomic E-state index is 11.4. The number of primary amides is 1. The number of rotatable bonds is 8. The number of hydrogen-bond donors (Lipinski definition) is 3. The molecule has 1 amide bonds. The van der Waals surface area contributed by atoms with E-state index in [1.807, 2.05) is 36.9 Å². The Bertz CT molecular complexity index is 523. The molecule has 0 aliphatic rings. The van der Waals surface area contributed by atoms with Gasteiger partial charge in [-0.3, -0.25) is 9.79 Å². The predicted octanol–water partition coefficient (Wildman–Crippen LogP) is 2.85. The Kier molecular flexibility index (Phi) is 11.1. The van der Waals surface area contributed by atoms with Gasteiger partial charge in [-0.05, 0) is 32.9 Å². The summed E-state index contributed by atoms with van der Waals surface area (Å²) in [5, 5.41) is 6.90.